The number of carbonyl (C=O) groups is 2. The van der Waals surface area contributed by atoms with Gasteiger partial charge in [0.25, 0.3) is 5.91 Å². The van der Waals surface area contributed by atoms with Crippen molar-refractivity contribution in [2.45, 2.75) is 33.6 Å². The number of carboxylic acid groups (broad SMARTS) is 1. The number of nitrogens with one attached hydrogen (secondary N) is 1. The van der Waals surface area contributed by atoms with Crippen LogP contribution in [0.1, 0.15) is 57.6 Å². The average Bonchev–Trinajstić information content (AvgIpc) is 2.48. The van der Waals surface area contributed by atoms with Crippen LogP contribution in [0, 0.1) is 13.8 Å². The van der Waals surface area contributed by atoms with Crippen LogP contribution in [0.3, 0.4) is 0 Å². The maximum absolute atomic E-state index is 12.5. The van der Waals surface area contributed by atoms with Crippen molar-refractivity contribution in [3.05, 3.63) is 52.6 Å². The molecule has 6 nitrogen and oxygen atoms in total. The number of nitrogens with zero attached hydrogens (tertiary/aromatic N) is 2. The summed E-state index contributed by atoms with van der Waals surface area (Å²) in [7, 11) is 0. The molecule has 0 bridgehead atoms. The predicted octanol–water partition coefficient (Wildman–Crippen LogP) is 3.17. The minimum absolute atomic E-state index is 0.0741. The maximum Gasteiger partial charge on any atom is 0.336 e. The van der Waals surface area contributed by atoms with Crippen molar-refractivity contribution in [1.29, 1.82) is 0 Å². The van der Waals surface area contributed by atoms with Gasteiger partial charge in [-0.15, -0.1) is 0 Å². The summed E-state index contributed by atoms with van der Waals surface area (Å²) in [5.41, 5.74) is 2.28. The van der Waals surface area contributed by atoms with Gasteiger partial charge in [0.2, 0.25) is 0 Å². The monoisotopic (exact) mass is 313 g/mol. The quantitative estimate of drug-likeness (QED) is 0.904. The van der Waals surface area contributed by atoms with Gasteiger partial charge in [0, 0.05) is 11.9 Å². The second-order valence-corrected chi connectivity index (χ2v) is 5.66. The zero-order chi connectivity index (χ0) is 17.1. The lowest BCUT2D eigenvalue weighted by Crippen LogP contribution is -2.17. The standard InChI is InChI=1S/C17H19N3O3/c1-9(2)15-14(8-18-11(4)19-15)16(21)20-12-6-5-10(3)13(7-12)17(22)23/h5-9H,1-4H3,(H,20,21)(H,22,23). The van der Waals surface area contributed by atoms with Crippen molar-refractivity contribution in [3.8, 4) is 0 Å². The zero-order valence-electron chi connectivity index (χ0n) is 13.5. The van der Waals surface area contributed by atoms with Gasteiger partial charge in [-0.05, 0) is 37.5 Å². The Kier molecular flexibility index (Phi) is 4.74. The average molecular weight is 313 g/mol. The van der Waals surface area contributed by atoms with Crippen LogP contribution in [0.2, 0.25) is 0 Å². The number of hydrogen-bond acceptors (Lipinski definition) is 4. The van der Waals surface area contributed by atoms with Gasteiger partial charge >= 0.3 is 5.97 Å². The molecule has 0 aliphatic rings. The molecule has 1 aromatic carbocycles. The van der Waals surface area contributed by atoms with Crippen molar-refractivity contribution in [2.24, 2.45) is 0 Å². The summed E-state index contributed by atoms with van der Waals surface area (Å²) >= 11 is 0. The van der Waals surface area contributed by atoms with E-state index in [0.29, 0.717) is 28.3 Å². The lowest BCUT2D eigenvalue weighted by Gasteiger charge is -2.13. The van der Waals surface area contributed by atoms with E-state index in [0.717, 1.165) is 0 Å². The normalized spacial score (nSPS) is 10.7. The molecular weight excluding hydrogens is 294 g/mol. The van der Waals surface area contributed by atoms with Crippen LogP contribution in [0.4, 0.5) is 5.69 Å². The lowest BCUT2D eigenvalue weighted by atomic mass is 10.0. The fourth-order valence-electron chi connectivity index (χ4n) is 2.23. The molecule has 1 aromatic heterocycles. The number of benzene rings is 1. The Morgan fingerprint density at radius 3 is 2.48 bits per heavy atom. The number of rotatable bonds is 4. The SMILES string of the molecule is Cc1ncc(C(=O)Nc2ccc(C)c(C(=O)O)c2)c(C(C)C)n1. The van der Waals surface area contributed by atoms with Crippen LogP contribution in [0.5, 0.6) is 0 Å². The van der Waals surface area contributed by atoms with E-state index in [1.807, 2.05) is 13.8 Å². The first-order valence-corrected chi connectivity index (χ1v) is 7.28. The second kappa shape index (κ2) is 6.56. The van der Waals surface area contributed by atoms with Gasteiger partial charge in [-0.1, -0.05) is 19.9 Å². The first-order valence-electron chi connectivity index (χ1n) is 7.28. The molecular formula is C17H19N3O3. The largest absolute Gasteiger partial charge is 0.478 e. The van der Waals surface area contributed by atoms with E-state index >= 15 is 0 Å². The number of carbonyl (C=O) groups excluding carboxylic acids is 1. The van der Waals surface area contributed by atoms with Gasteiger partial charge in [0.15, 0.2) is 0 Å². The summed E-state index contributed by atoms with van der Waals surface area (Å²) < 4.78 is 0. The zero-order valence-corrected chi connectivity index (χ0v) is 13.5. The van der Waals surface area contributed by atoms with E-state index in [1.54, 1.807) is 26.0 Å². The summed E-state index contributed by atoms with van der Waals surface area (Å²) in [5.74, 6) is -0.701. The summed E-state index contributed by atoms with van der Waals surface area (Å²) in [6.07, 6.45) is 1.50. The predicted molar refractivity (Wildman–Crippen MR) is 86.9 cm³/mol. The molecule has 0 unspecified atom stereocenters. The number of carboxylic acids is 1. The molecule has 23 heavy (non-hydrogen) atoms. The van der Waals surface area contributed by atoms with Gasteiger partial charge < -0.3 is 10.4 Å². The molecule has 0 saturated heterocycles. The smallest absolute Gasteiger partial charge is 0.336 e. The first kappa shape index (κ1) is 16.6. The van der Waals surface area contributed by atoms with Gasteiger partial charge in [-0.25, -0.2) is 14.8 Å². The molecule has 120 valence electrons. The molecule has 0 saturated carbocycles. The second-order valence-electron chi connectivity index (χ2n) is 5.66. The molecule has 2 rings (SSSR count). The summed E-state index contributed by atoms with van der Waals surface area (Å²) in [4.78, 5) is 32.1. The Labute approximate surface area is 134 Å². The van der Waals surface area contributed by atoms with Crippen LogP contribution in [-0.2, 0) is 0 Å². The number of anilines is 1. The lowest BCUT2D eigenvalue weighted by molar-refractivity contribution is 0.0695. The van der Waals surface area contributed by atoms with Gasteiger partial charge in [0.1, 0.15) is 5.82 Å². The van der Waals surface area contributed by atoms with Crippen molar-refractivity contribution in [3.63, 3.8) is 0 Å². The highest BCUT2D eigenvalue weighted by molar-refractivity contribution is 6.05. The van der Waals surface area contributed by atoms with Crippen molar-refractivity contribution in [2.75, 3.05) is 5.32 Å². The minimum atomic E-state index is -1.03. The van der Waals surface area contributed by atoms with Crippen LogP contribution in [0.15, 0.2) is 24.4 Å². The van der Waals surface area contributed by atoms with Crippen LogP contribution in [0.25, 0.3) is 0 Å². The number of aromatic carboxylic acids is 1. The third-order valence-corrected chi connectivity index (χ3v) is 3.46. The van der Waals surface area contributed by atoms with E-state index in [9.17, 15) is 9.59 Å². The Balaban J connectivity index is 2.33. The molecule has 0 spiro atoms. The highest BCUT2D eigenvalue weighted by Crippen LogP contribution is 2.20. The summed E-state index contributed by atoms with van der Waals surface area (Å²) in [5, 5.41) is 11.9. The van der Waals surface area contributed by atoms with Crippen LogP contribution < -0.4 is 5.32 Å². The van der Waals surface area contributed by atoms with Crippen molar-refractivity contribution >= 4 is 17.6 Å². The molecule has 0 radical (unpaired) electrons. The Morgan fingerprint density at radius 2 is 1.87 bits per heavy atom. The summed E-state index contributed by atoms with van der Waals surface area (Å²) in [6.45, 7) is 7.38. The fraction of sp³-hybridized carbons (Fsp3) is 0.294. The highest BCUT2D eigenvalue weighted by atomic mass is 16.4. The van der Waals surface area contributed by atoms with Crippen LogP contribution >= 0.6 is 0 Å². The van der Waals surface area contributed by atoms with E-state index in [-0.39, 0.29) is 17.4 Å². The molecule has 0 atom stereocenters. The van der Waals surface area contributed by atoms with E-state index in [2.05, 4.69) is 15.3 Å². The molecule has 2 N–H and O–H groups in total. The third kappa shape index (κ3) is 3.71. The molecule has 1 heterocycles. The van der Waals surface area contributed by atoms with Crippen molar-refractivity contribution in [1.82, 2.24) is 9.97 Å². The molecule has 1 amide bonds. The molecule has 0 fully saturated rings. The Morgan fingerprint density at radius 1 is 1.17 bits per heavy atom. The Hall–Kier alpha value is -2.76. The molecule has 2 aromatic rings. The van der Waals surface area contributed by atoms with E-state index in [4.69, 9.17) is 5.11 Å². The van der Waals surface area contributed by atoms with Crippen molar-refractivity contribution < 1.29 is 14.7 Å². The topological polar surface area (TPSA) is 92.2 Å². The minimum Gasteiger partial charge on any atom is -0.478 e. The van der Waals surface area contributed by atoms with Gasteiger partial charge in [-0.2, -0.15) is 0 Å². The van der Waals surface area contributed by atoms with Crippen LogP contribution in [-0.4, -0.2) is 27.0 Å². The number of amides is 1. The number of aromatic nitrogens is 2. The first-order chi connectivity index (χ1) is 10.8. The van der Waals surface area contributed by atoms with E-state index in [1.165, 1.54) is 12.3 Å². The molecule has 0 aliphatic heterocycles. The van der Waals surface area contributed by atoms with Gasteiger partial charge in [0.05, 0.1) is 16.8 Å². The third-order valence-electron chi connectivity index (χ3n) is 3.46. The maximum atomic E-state index is 12.5. The fourth-order valence-corrected chi connectivity index (χ4v) is 2.23. The molecule has 0 aliphatic carbocycles. The van der Waals surface area contributed by atoms with E-state index < -0.39 is 5.97 Å². The summed E-state index contributed by atoms with van der Waals surface area (Å²) in [6, 6.07) is 4.78. The number of hydrogen-bond donors (Lipinski definition) is 2. The van der Waals surface area contributed by atoms with Gasteiger partial charge in [-0.3, -0.25) is 4.79 Å². The Bertz CT molecular complexity index is 770. The number of aryl methyl sites for hydroxylation is 2. The molecule has 6 heteroatoms. The highest BCUT2D eigenvalue weighted by Gasteiger charge is 2.17.